The molecule has 1 fully saturated rings. The van der Waals surface area contributed by atoms with Gasteiger partial charge in [-0.3, -0.25) is 4.79 Å². The summed E-state index contributed by atoms with van der Waals surface area (Å²) in [4.78, 5) is 29.0. The van der Waals surface area contributed by atoms with Crippen molar-refractivity contribution in [3.05, 3.63) is 59.3 Å². The second-order valence-electron chi connectivity index (χ2n) is 6.47. The number of nitrogens with zero attached hydrogens (tertiary/aromatic N) is 2. The third-order valence-electron chi connectivity index (χ3n) is 4.57. The topological polar surface area (TPSA) is 82.5 Å². The van der Waals surface area contributed by atoms with Crippen LogP contribution in [0.3, 0.4) is 0 Å². The lowest BCUT2D eigenvalue weighted by Crippen LogP contribution is -2.43. The molecule has 2 heterocycles. The fraction of sp³-hybridized carbons (Fsp3) is 0.316. The van der Waals surface area contributed by atoms with Gasteiger partial charge in [-0.25, -0.2) is 9.78 Å². The lowest BCUT2D eigenvalue weighted by Gasteiger charge is -2.33. The summed E-state index contributed by atoms with van der Waals surface area (Å²) in [6.45, 7) is 0.586. The number of carboxylic acids is 1. The van der Waals surface area contributed by atoms with E-state index in [4.69, 9.17) is 5.11 Å². The first kappa shape index (κ1) is 19.7. The SMILES string of the molecule is O=C(O)c1cccc(NC2CCN(C(=O)c3ccccc3C(F)(F)F)CC2)n1. The molecule has 1 aromatic heterocycles. The number of likely N-dealkylation sites (tertiary alicyclic amines) is 1. The van der Waals surface area contributed by atoms with Crippen molar-refractivity contribution in [1.82, 2.24) is 9.88 Å². The van der Waals surface area contributed by atoms with E-state index in [0.29, 0.717) is 31.7 Å². The zero-order valence-electron chi connectivity index (χ0n) is 14.7. The van der Waals surface area contributed by atoms with Gasteiger partial charge < -0.3 is 15.3 Å². The number of alkyl halides is 3. The first-order chi connectivity index (χ1) is 13.3. The number of hydrogen-bond acceptors (Lipinski definition) is 4. The van der Waals surface area contributed by atoms with E-state index in [9.17, 15) is 22.8 Å². The van der Waals surface area contributed by atoms with E-state index in [1.54, 1.807) is 12.1 Å². The summed E-state index contributed by atoms with van der Waals surface area (Å²) < 4.78 is 39.4. The second-order valence-corrected chi connectivity index (χ2v) is 6.47. The summed E-state index contributed by atoms with van der Waals surface area (Å²) in [5.74, 6) is -1.36. The van der Waals surface area contributed by atoms with Gasteiger partial charge in [0.25, 0.3) is 5.91 Å². The Morgan fingerprint density at radius 1 is 1.07 bits per heavy atom. The fourth-order valence-corrected chi connectivity index (χ4v) is 3.16. The molecule has 1 amide bonds. The van der Waals surface area contributed by atoms with Crippen molar-refractivity contribution in [3.63, 3.8) is 0 Å². The first-order valence-electron chi connectivity index (χ1n) is 8.68. The molecule has 1 aliphatic rings. The lowest BCUT2D eigenvalue weighted by atomic mass is 10.0. The van der Waals surface area contributed by atoms with Crippen LogP contribution in [0.4, 0.5) is 19.0 Å². The zero-order valence-corrected chi connectivity index (χ0v) is 14.7. The molecule has 1 aliphatic heterocycles. The van der Waals surface area contributed by atoms with Crippen LogP contribution in [0.25, 0.3) is 0 Å². The van der Waals surface area contributed by atoms with E-state index >= 15 is 0 Å². The van der Waals surface area contributed by atoms with Crippen LogP contribution < -0.4 is 5.32 Å². The third kappa shape index (κ3) is 4.41. The van der Waals surface area contributed by atoms with E-state index in [1.165, 1.54) is 29.2 Å². The number of amides is 1. The van der Waals surface area contributed by atoms with Gasteiger partial charge in [0.2, 0.25) is 0 Å². The minimum Gasteiger partial charge on any atom is -0.477 e. The van der Waals surface area contributed by atoms with Crippen molar-refractivity contribution < 1.29 is 27.9 Å². The van der Waals surface area contributed by atoms with Gasteiger partial charge in [-0.2, -0.15) is 13.2 Å². The number of piperidine rings is 1. The largest absolute Gasteiger partial charge is 0.477 e. The average molecular weight is 393 g/mol. The molecule has 1 aromatic carbocycles. The normalized spacial score (nSPS) is 15.3. The van der Waals surface area contributed by atoms with Crippen molar-refractivity contribution in [2.45, 2.75) is 25.1 Å². The summed E-state index contributed by atoms with van der Waals surface area (Å²) >= 11 is 0. The summed E-state index contributed by atoms with van der Waals surface area (Å²) in [5, 5.41) is 12.1. The predicted molar refractivity (Wildman–Crippen MR) is 95.2 cm³/mol. The molecule has 0 unspecified atom stereocenters. The number of carbonyl (C=O) groups excluding carboxylic acids is 1. The van der Waals surface area contributed by atoms with Crippen LogP contribution in [-0.4, -0.2) is 46.0 Å². The van der Waals surface area contributed by atoms with Crippen LogP contribution in [0.1, 0.15) is 39.3 Å². The summed E-state index contributed by atoms with van der Waals surface area (Å²) in [6, 6.07) is 9.31. The van der Waals surface area contributed by atoms with Crippen LogP contribution in [0.15, 0.2) is 42.5 Å². The lowest BCUT2D eigenvalue weighted by molar-refractivity contribution is -0.138. The number of hydrogen-bond donors (Lipinski definition) is 2. The quantitative estimate of drug-likeness (QED) is 0.831. The number of carbonyl (C=O) groups is 2. The molecule has 148 valence electrons. The highest BCUT2D eigenvalue weighted by atomic mass is 19.4. The third-order valence-corrected chi connectivity index (χ3v) is 4.57. The second kappa shape index (κ2) is 7.87. The smallest absolute Gasteiger partial charge is 0.417 e. The number of anilines is 1. The number of aromatic carboxylic acids is 1. The van der Waals surface area contributed by atoms with Crippen molar-refractivity contribution in [2.75, 3.05) is 18.4 Å². The standard InChI is InChI=1S/C19H18F3N3O3/c20-19(21,22)14-5-2-1-4-13(14)17(26)25-10-8-12(9-11-25)23-16-7-3-6-15(24-16)18(27)28/h1-7,12H,8-11H2,(H,23,24)(H,27,28). The van der Waals surface area contributed by atoms with E-state index in [0.717, 1.165) is 6.07 Å². The van der Waals surface area contributed by atoms with E-state index in [-0.39, 0.29) is 17.3 Å². The number of benzene rings is 1. The Kier molecular flexibility index (Phi) is 5.53. The average Bonchev–Trinajstić information content (AvgIpc) is 2.67. The number of aromatic nitrogens is 1. The van der Waals surface area contributed by atoms with Gasteiger partial charge in [0.1, 0.15) is 5.82 Å². The number of halogens is 3. The molecule has 28 heavy (non-hydrogen) atoms. The summed E-state index contributed by atoms with van der Waals surface area (Å²) in [7, 11) is 0. The van der Waals surface area contributed by atoms with Crippen LogP contribution >= 0.6 is 0 Å². The number of nitrogens with one attached hydrogen (secondary N) is 1. The van der Waals surface area contributed by atoms with Gasteiger partial charge in [0, 0.05) is 19.1 Å². The van der Waals surface area contributed by atoms with Gasteiger partial charge in [-0.05, 0) is 37.1 Å². The molecule has 0 atom stereocenters. The van der Waals surface area contributed by atoms with E-state index in [2.05, 4.69) is 10.3 Å². The number of pyridine rings is 1. The Balaban J connectivity index is 1.64. The van der Waals surface area contributed by atoms with Gasteiger partial charge in [-0.1, -0.05) is 18.2 Å². The maximum Gasteiger partial charge on any atom is 0.417 e. The van der Waals surface area contributed by atoms with Crippen molar-refractivity contribution >= 4 is 17.7 Å². The molecule has 0 aliphatic carbocycles. The minimum atomic E-state index is -4.59. The highest BCUT2D eigenvalue weighted by Gasteiger charge is 2.36. The molecule has 0 spiro atoms. The van der Waals surface area contributed by atoms with E-state index in [1.807, 2.05) is 0 Å². The van der Waals surface area contributed by atoms with Gasteiger partial charge in [0.15, 0.2) is 5.69 Å². The predicted octanol–water partition coefficient (Wildman–Crippen LogP) is 3.52. The van der Waals surface area contributed by atoms with Crippen LogP contribution in [-0.2, 0) is 6.18 Å². The minimum absolute atomic E-state index is 0.0570. The molecule has 0 radical (unpaired) electrons. The molecule has 0 bridgehead atoms. The summed E-state index contributed by atoms with van der Waals surface area (Å²) in [5.41, 5.74) is -1.37. The Hall–Kier alpha value is -3.10. The Morgan fingerprint density at radius 2 is 1.75 bits per heavy atom. The molecule has 6 nitrogen and oxygen atoms in total. The Morgan fingerprint density at radius 3 is 2.39 bits per heavy atom. The Labute approximate surface area is 159 Å². The van der Waals surface area contributed by atoms with Crippen molar-refractivity contribution in [3.8, 4) is 0 Å². The molecule has 3 rings (SSSR count). The van der Waals surface area contributed by atoms with Crippen molar-refractivity contribution in [1.29, 1.82) is 0 Å². The maximum absolute atomic E-state index is 13.1. The van der Waals surface area contributed by atoms with Gasteiger partial charge in [0.05, 0.1) is 11.1 Å². The summed E-state index contributed by atoms with van der Waals surface area (Å²) in [6.07, 6.45) is -3.56. The van der Waals surface area contributed by atoms with Crippen LogP contribution in [0.5, 0.6) is 0 Å². The van der Waals surface area contributed by atoms with Crippen molar-refractivity contribution in [2.24, 2.45) is 0 Å². The number of carboxylic acid groups (broad SMARTS) is 1. The molecule has 9 heteroatoms. The highest BCUT2D eigenvalue weighted by Crippen LogP contribution is 2.32. The molecule has 1 saturated heterocycles. The monoisotopic (exact) mass is 393 g/mol. The molecule has 0 saturated carbocycles. The Bertz CT molecular complexity index is 878. The van der Waals surface area contributed by atoms with Crippen LogP contribution in [0.2, 0.25) is 0 Å². The molecular weight excluding hydrogens is 375 g/mol. The first-order valence-corrected chi connectivity index (χ1v) is 8.68. The molecular formula is C19H18F3N3O3. The fourth-order valence-electron chi connectivity index (χ4n) is 3.16. The van der Waals surface area contributed by atoms with Gasteiger partial charge in [-0.15, -0.1) is 0 Å². The zero-order chi connectivity index (χ0) is 20.3. The molecule has 2 N–H and O–H groups in total. The number of rotatable bonds is 4. The maximum atomic E-state index is 13.1. The highest BCUT2D eigenvalue weighted by molar-refractivity contribution is 5.96. The van der Waals surface area contributed by atoms with E-state index < -0.39 is 23.6 Å². The molecule has 2 aromatic rings. The van der Waals surface area contributed by atoms with Gasteiger partial charge >= 0.3 is 12.1 Å². The van der Waals surface area contributed by atoms with Crippen LogP contribution in [0, 0.1) is 0 Å².